The summed E-state index contributed by atoms with van der Waals surface area (Å²) in [5, 5.41) is 2.98. The van der Waals surface area contributed by atoms with Gasteiger partial charge in [0.2, 0.25) is 0 Å². The van der Waals surface area contributed by atoms with E-state index in [-0.39, 0.29) is 11.3 Å². The Morgan fingerprint density at radius 1 is 1.43 bits per heavy atom. The second kappa shape index (κ2) is 4.81. The van der Waals surface area contributed by atoms with E-state index in [1.807, 2.05) is 0 Å². The number of hydrogen-bond donors (Lipinski definition) is 1. The van der Waals surface area contributed by atoms with E-state index in [2.05, 4.69) is 17.2 Å². The van der Waals surface area contributed by atoms with Gasteiger partial charge in [-0.25, -0.2) is 8.42 Å². The Kier molecular flexibility index (Phi) is 3.97. The van der Waals surface area contributed by atoms with Gasteiger partial charge in [-0.2, -0.15) is 0 Å². The lowest BCUT2D eigenvalue weighted by Gasteiger charge is -2.17. The highest BCUT2D eigenvalue weighted by Crippen LogP contribution is 2.24. The Morgan fingerprint density at radius 3 is 2.71 bits per heavy atom. The first-order chi connectivity index (χ1) is 6.55. The first kappa shape index (κ1) is 11.5. The molecule has 0 aromatic rings. The summed E-state index contributed by atoms with van der Waals surface area (Å²) in [6.07, 6.45) is 4.05. The molecule has 1 rings (SSSR count). The molecule has 0 heterocycles. The van der Waals surface area contributed by atoms with Crippen molar-refractivity contribution in [3.8, 4) is 11.8 Å². The molecule has 1 aliphatic carbocycles. The Bertz CT molecular complexity index is 337. The maximum Gasteiger partial charge on any atom is 0.151 e. The van der Waals surface area contributed by atoms with Gasteiger partial charge in [0, 0.05) is 12.3 Å². The molecule has 14 heavy (non-hydrogen) atoms. The molecular weight excluding hydrogens is 198 g/mol. The molecule has 1 saturated carbocycles. The number of hydrogen-bond acceptors (Lipinski definition) is 3. The van der Waals surface area contributed by atoms with Gasteiger partial charge in [-0.15, -0.1) is 5.92 Å². The second-order valence-corrected chi connectivity index (χ2v) is 5.98. The van der Waals surface area contributed by atoms with Crippen LogP contribution in [0.4, 0.5) is 0 Å². The van der Waals surface area contributed by atoms with Crippen LogP contribution in [0.1, 0.15) is 26.2 Å². The minimum absolute atomic E-state index is 0.103. The maximum atomic E-state index is 11.4. The summed E-state index contributed by atoms with van der Waals surface area (Å²) in [5.74, 6) is 5.67. The third-order valence-corrected chi connectivity index (χ3v) is 4.30. The van der Waals surface area contributed by atoms with Crippen molar-refractivity contribution < 1.29 is 8.42 Å². The lowest BCUT2D eigenvalue weighted by molar-refractivity contribution is 0.531. The quantitative estimate of drug-likeness (QED) is 0.700. The molecule has 4 heteroatoms. The van der Waals surface area contributed by atoms with Gasteiger partial charge in [-0.05, 0) is 19.8 Å². The van der Waals surface area contributed by atoms with Crippen LogP contribution in [0.3, 0.4) is 0 Å². The highest BCUT2D eigenvalue weighted by molar-refractivity contribution is 7.91. The molecule has 0 saturated heterocycles. The third-order valence-electron chi connectivity index (χ3n) is 2.63. The first-order valence-corrected chi connectivity index (χ1v) is 6.83. The molecule has 3 nitrogen and oxygen atoms in total. The van der Waals surface area contributed by atoms with E-state index in [0.29, 0.717) is 6.54 Å². The zero-order chi connectivity index (χ0) is 10.6. The average Bonchev–Trinajstić information content (AvgIpc) is 2.52. The lowest BCUT2D eigenvalue weighted by atomic mass is 10.2. The molecule has 2 atom stereocenters. The molecule has 0 amide bonds. The van der Waals surface area contributed by atoms with Crippen LogP contribution in [0.15, 0.2) is 0 Å². The van der Waals surface area contributed by atoms with Crippen molar-refractivity contribution in [1.29, 1.82) is 0 Å². The van der Waals surface area contributed by atoms with E-state index in [0.717, 1.165) is 19.3 Å². The van der Waals surface area contributed by atoms with E-state index >= 15 is 0 Å². The molecule has 0 radical (unpaired) electrons. The van der Waals surface area contributed by atoms with E-state index in [9.17, 15) is 8.42 Å². The Hall–Kier alpha value is -0.530. The van der Waals surface area contributed by atoms with Crippen LogP contribution in [-0.4, -0.2) is 32.5 Å². The largest absolute Gasteiger partial charge is 0.302 e. The van der Waals surface area contributed by atoms with Gasteiger partial charge in [-0.3, -0.25) is 0 Å². The van der Waals surface area contributed by atoms with Gasteiger partial charge in [-0.1, -0.05) is 12.3 Å². The Labute approximate surface area is 86.2 Å². The third kappa shape index (κ3) is 3.00. The summed E-state index contributed by atoms with van der Waals surface area (Å²) in [7, 11) is -2.90. The van der Waals surface area contributed by atoms with Crippen LogP contribution in [0.2, 0.25) is 0 Å². The fourth-order valence-corrected chi connectivity index (χ4v) is 3.37. The average molecular weight is 215 g/mol. The van der Waals surface area contributed by atoms with Gasteiger partial charge in [0.05, 0.1) is 11.8 Å². The van der Waals surface area contributed by atoms with Crippen LogP contribution >= 0.6 is 0 Å². The van der Waals surface area contributed by atoms with Crippen LogP contribution in [0.5, 0.6) is 0 Å². The van der Waals surface area contributed by atoms with Gasteiger partial charge < -0.3 is 5.32 Å². The highest BCUT2D eigenvalue weighted by atomic mass is 32.2. The molecule has 0 aromatic heterocycles. The summed E-state index contributed by atoms with van der Waals surface area (Å²) in [6.45, 7) is 2.37. The zero-order valence-electron chi connectivity index (χ0n) is 8.71. The monoisotopic (exact) mass is 215 g/mol. The van der Waals surface area contributed by atoms with Gasteiger partial charge >= 0.3 is 0 Å². The molecule has 1 N–H and O–H groups in total. The first-order valence-electron chi connectivity index (χ1n) is 4.87. The summed E-state index contributed by atoms with van der Waals surface area (Å²) in [5.41, 5.74) is 0. The van der Waals surface area contributed by atoms with Crippen molar-refractivity contribution >= 4 is 9.84 Å². The predicted octanol–water partition coefficient (Wildman–Crippen LogP) is 0.565. The Morgan fingerprint density at radius 2 is 2.14 bits per heavy atom. The van der Waals surface area contributed by atoms with E-state index in [1.165, 1.54) is 6.26 Å². The number of rotatable bonds is 3. The van der Waals surface area contributed by atoms with Crippen molar-refractivity contribution in [3.63, 3.8) is 0 Å². The molecule has 0 spiro atoms. The van der Waals surface area contributed by atoms with Crippen molar-refractivity contribution in [3.05, 3.63) is 0 Å². The number of nitrogens with one attached hydrogen (secondary N) is 1. The fourth-order valence-electron chi connectivity index (χ4n) is 1.94. The van der Waals surface area contributed by atoms with E-state index in [1.54, 1.807) is 6.92 Å². The van der Waals surface area contributed by atoms with Crippen LogP contribution in [-0.2, 0) is 9.84 Å². The van der Waals surface area contributed by atoms with Crippen molar-refractivity contribution in [2.24, 2.45) is 0 Å². The van der Waals surface area contributed by atoms with Crippen LogP contribution < -0.4 is 5.32 Å². The maximum absolute atomic E-state index is 11.4. The smallest absolute Gasteiger partial charge is 0.151 e. The zero-order valence-corrected chi connectivity index (χ0v) is 9.52. The summed E-state index contributed by atoms with van der Waals surface area (Å²) in [4.78, 5) is 0. The van der Waals surface area contributed by atoms with Gasteiger partial charge in [0.15, 0.2) is 9.84 Å². The molecule has 80 valence electrons. The minimum atomic E-state index is -2.90. The second-order valence-electron chi connectivity index (χ2n) is 3.71. The molecule has 1 fully saturated rings. The molecule has 0 aromatic carbocycles. The van der Waals surface area contributed by atoms with E-state index in [4.69, 9.17) is 0 Å². The molecule has 1 aliphatic rings. The van der Waals surface area contributed by atoms with Gasteiger partial charge in [0.1, 0.15) is 0 Å². The highest BCUT2D eigenvalue weighted by Gasteiger charge is 2.33. The van der Waals surface area contributed by atoms with Crippen LogP contribution in [0, 0.1) is 11.8 Å². The van der Waals surface area contributed by atoms with Crippen molar-refractivity contribution in [2.75, 3.05) is 12.8 Å². The SMILES string of the molecule is CC#CCNC1CCCC1S(C)(=O)=O. The molecular formula is C10H17NO2S. The standard InChI is InChI=1S/C10H17NO2S/c1-3-4-8-11-9-6-5-7-10(9)14(2,12)13/h9-11H,5-8H2,1-2H3. The topological polar surface area (TPSA) is 46.2 Å². The minimum Gasteiger partial charge on any atom is -0.302 e. The summed E-state index contributed by atoms with van der Waals surface area (Å²) in [6, 6.07) is 0.103. The summed E-state index contributed by atoms with van der Waals surface area (Å²) < 4.78 is 22.8. The van der Waals surface area contributed by atoms with Crippen molar-refractivity contribution in [1.82, 2.24) is 5.32 Å². The van der Waals surface area contributed by atoms with E-state index < -0.39 is 9.84 Å². The molecule has 2 unspecified atom stereocenters. The predicted molar refractivity (Wildman–Crippen MR) is 57.7 cm³/mol. The Balaban J connectivity index is 2.55. The molecule has 0 bridgehead atoms. The number of sulfone groups is 1. The molecule has 0 aliphatic heterocycles. The van der Waals surface area contributed by atoms with Gasteiger partial charge in [0.25, 0.3) is 0 Å². The normalized spacial score (nSPS) is 27.0. The lowest BCUT2D eigenvalue weighted by Crippen LogP contribution is -2.40. The van der Waals surface area contributed by atoms with Crippen molar-refractivity contribution in [2.45, 2.75) is 37.5 Å². The fraction of sp³-hybridized carbons (Fsp3) is 0.800. The summed E-state index contributed by atoms with van der Waals surface area (Å²) >= 11 is 0. The van der Waals surface area contributed by atoms with Crippen LogP contribution in [0.25, 0.3) is 0 Å².